The van der Waals surface area contributed by atoms with Crippen LogP contribution in [0.2, 0.25) is 0 Å². The van der Waals surface area contributed by atoms with Crippen LogP contribution in [0.5, 0.6) is 0 Å². The Bertz CT molecular complexity index is 1020. The smallest absolute Gasteiger partial charge is 0.221 e. The maximum atomic E-state index is 5.63. The highest BCUT2D eigenvalue weighted by molar-refractivity contribution is 5.95. The summed E-state index contributed by atoms with van der Waals surface area (Å²) in [6.07, 6.45) is 1.62. The quantitative estimate of drug-likeness (QED) is 0.536. The molecule has 0 saturated heterocycles. The van der Waals surface area contributed by atoms with Crippen molar-refractivity contribution in [2.75, 3.05) is 11.1 Å². The Morgan fingerprint density at radius 2 is 1.96 bits per heavy atom. The minimum absolute atomic E-state index is 0.241. The largest absolute Gasteiger partial charge is 0.368 e. The fraction of sp³-hybridized carbons (Fsp3) is 0.0556. The first-order valence-corrected chi connectivity index (χ1v) is 7.60. The zero-order chi connectivity index (χ0) is 16.5. The Morgan fingerprint density at radius 3 is 2.79 bits per heavy atom. The number of hydrogen-bond donors (Lipinski definition) is 3. The molecule has 0 aliphatic carbocycles. The van der Waals surface area contributed by atoms with Gasteiger partial charge in [-0.3, -0.25) is 5.10 Å². The van der Waals surface area contributed by atoms with Gasteiger partial charge < -0.3 is 11.1 Å². The van der Waals surface area contributed by atoms with Crippen molar-refractivity contribution >= 4 is 28.4 Å². The van der Waals surface area contributed by atoms with Crippen LogP contribution in [0.15, 0.2) is 54.7 Å². The van der Waals surface area contributed by atoms with E-state index in [9.17, 15) is 0 Å². The maximum absolute atomic E-state index is 5.63. The first-order chi connectivity index (χ1) is 11.7. The Balaban J connectivity index is 1.77. The Kier molecular flexibility index (Phi) is 3.35. The van der Waals surface area contributed by atoms with Gasteiger partial charge in [0, 0.05) is 22.8 Å². The lowest BCUT2D eigenvalue weighted by Crippen LogP contribution is -1.98. The van der Waals surface area contributed by atoms with Gasteiger partial charge in [-0.15, -0.1) is 0 Å². The second-order valence-electron chi connectivity index (χ2n) is 5.57. The summed E-state index contributed by atoms with van der Waals surface area (Å²) in [5, 5.41) is 11.9. The molecular weight excluding hydrogens is 300 g/mol. The van der Waals surface area contributed by atoms with Gasteiger partial charge >= 0.3 is 0 Å². The van der Waals surface area contributed by atoms with Crippen molar-refractivity contribution in [3.8, 4) is 11.3 Å². The Hall–Kier alpha value is -3.41. The van der Waals surface area contributed by atoms with Gasteiger partial charge in [-0.2, -0.15) is 10.1 Å². The summed E-state index contributed by atoms with van der Waals surface area (Å²) < 4.78 is 0. The number of aromatic nitrogens is 4. The number of rotatable bonds is 3. The standard InChI is InChI=1S/C18H16N6/c1-11-4-2-3-5-13(11)17-14-10-12(6-7-15(14)23-24-17)21-16-8-9-20-18(19)22-16/h2-10H,1H3,(H,23,24)(H3,19,20,21,22). The molecule has 4 rings (SSSR count). The third-order valence-electron chi connectivity index (χ3n) is 3.91. The molecule has 0 radical (unpaired) electrons. The predicted octanol–water partition coefficient (Wildman–Crippen LogP) is 3.65. The molecule has 0 bridgehead atoms. The van der Waals surface area contributed by atoms with E-state index in [1.807, 2.05) is 24.3 Å². The lowest BCUT2D eigenvalue weighted by molar-refractivity contribution is 1.12. The van der Waals surface area contributed by atoms with E-state index < -0.39 is 0 Å². The van der Waals surface area contributed by atoms with E-state index in [4.69, 9.17) is 5.73 Å². The number of anilines is 3. The molecule has 4 aromatic rings. The highest BCUT2D eigenvalue weighted by Crippen LogP contribution is 2.31. The Labute approximate surface area is 138 Å². The number of nitrogens with two attached hydrogens (primary N) is 1. The van der Waals surface area contributed by atoms with Gasteiger partial charge in [-0.25, -0.2) is 4.98 Å². The van der Waals surface area contributed by atoms with Gasteiger partial charge in [-0.05, 0) is 36.8 Å². The molecule has 118 valence electrons. The summed E-state index contributed by atoms with van der Waals surface area (Å²) in [6.45, 7) is 2.08. The lowest BCUT2D eigenvalue weighted by Gasteiger charge is -2.07. The number of H-pyrrole nitrogens is 1. The minimum atomic E-state index is 0.241. The van der Waals surface area contributed by atoms with Crippen molar-refractivity contribution in [3.05, 3.63) is 60.3 Å². The summed E-state index contributed by atoms with van der Waals surface area (Å²) in [4.78, 5) is 8.06. The molecule has 0 saturated carbocycles. The van der Waals surface area contributed by atoms with Gasteiger partial charge in [-0.1, -0.05) is 24.3 Å². The molecule has 6 nitrogen and oxygen atoms in total. The molecule has 2 heterocycles. The van der Waals surface area contributed by atoms with Gasteiger partial charge in [0.05, 0.1) is 5.52 Å². The number of nitrogens with zero attached hydrogens (tertiary/aromatic N) is 3. The Morgan fingerprint density at radius 1 is 1.08 bits per heavy atom. The molecule has 0 unspecified atom stereocenters. The summed E-state index contributed by atoms with van der Waals surface area (Å²) in [5.74, 6) is 0.896. The number of nitrogens with one attached hydrogen (secondary N) is 2. The number of hydrogen-bond acceptors (Lipinski definition) is 5. The van der Waals surface area contributed by atoms with E-state index in [-0.39, 0.29) is 5.95 Å². The normalized spacial score (nSPS) is 10.9. The van der Waals surface area contributed by atoms with Crippen LogP contribution in [0, 0.1) is 6.92 Å². The third-order valence-corrected chi connectivity index (χ3v) is 3.91. The second-order valence-corrected chi connectivity index (χ2v) is 5.57. The maximum Gasteiger partial charge on any atom is 0.221 e. The first-order valence-electron chi connectivity index (χ1n) is 7.60. The number of fused-ring (bicyclic) bond motifs is 1. The summed E-state index contributed by atoms with van der Waals surface area (Å²) in [5.41, 5.74) is 10.8. The molecule has 0 amide bonds. The van der Waals surface area contributed by atoms with E-state index in [2.05, 4.69) is 50.6 Å². The molecule has 0 aliphatic heterocycles. The number of aryl methyl sites for hydroxylation is 1. The van der Waals surface area contributed by atoms with Gasteiger partial charge in [0.25, 0.3) is 0 Å². The van der Waals surface area contributed by atoms with E-state index in [0.717, 1.165) is 27.8 Å². The van der Waals surface area contributed by atoms with Gasteiger partial charge in [0.15, 0.2) is 0 Å². The van der Waals surface area contributed by atoms with Crippen LogP contribution in [-0.4, -0.2) is 20.2 Å². The van der Waals surface area contributed by atoms with Crippen LogP contribution in [0.1, 0.15) is 5.56 Å². The molecule has 0 fully saturated rings. The molecule has 0 spiro atoms. The lowest BCUT2D eigenvalue weighted by atomic mass is 10.0. The van der Waals surface area contributed by atoms with Crippen molar-refractivity contribution in [1.29, 1.82) is 0 Å². The van der Waals surface area contributed by atoms with Crippen LogP contribution < -0.4 is 11.1 Å². The molecule has 2 aromatic carbocycles. The van der Waals surface area contributed by atoms with Crippen LogP contribution >= 0.6 is 0 Å². The molecule has 6 heteroatoms. The molecule has 0 atom stereocenters. The van der Waals surface area contributed by atoms with Crippen LogP contribution in [0.3, 0.4) is 0 Å². The van der Waals surface area contributed by atoms with Crippen molar-refractivity contribution in [2.24, 2.45) is 0 Å². The summed E-state index contributed by atoms with van der Waals surface area (Å²) in [6, 6.07) is 16.0. The van der Waals surface area contributed by atoms with E-state index in [0.29, 0.717) is 5.82 Å². The predicted molar refractivity (Wildman–Crippen MR) is 96.0 cm³/mol. The minimum Gasteiger partial charge on any atom is -0.368 e. The third kappa shape index (κ3) is 2.54. The van der Waals surface area contributed by atoms with E-state index in [1.54, 1.807) is 12.3 Å². The molecule has 0 aliphatic rings. The summed E-state index contributed by atoms with van der Waals surface area (Å²) in [7, 11) is 0. The molecular formula is C18H16N6. The fourth-order valence-corrected chi connectivity index (χ4v) is 2.73. The average molecular weight is 316 g/mol. The first kappa shape index (κ1) is 14.2. The van der Waals surface area contributed by atoms with Crippen molar-refractivity contribution < 1.29 is 0 Å². The monoisotopic (exact) mass is 316 g/mol. The SMILES string of the molecule is Cc1ccccc1-c1n[nH]c2ccc(Nc3ccnc(N)n3)cc12. The van der Waals surface area contributed by atoms with E-state index in [1.165, 1.54) is 5.56 Å². The topological polar surface area (TPSA) is 92.5 Å². The van der Waals surface area contributed by atoms with Gasteiger partial charge in [0.1, 0.15) is 11.5 Å². The van der Waals surface area contributed by atoms with Crippen LogP contribution in [0.25, 0.3) is 22.2 Å². The van der Waals surface area contributed by atoms with Crippen LogP contribution in [0.4, 0.5) is 17.5 Å². The molecule has 24 heavy (non-hydrogen) atoms. The molecule has 4 N–H and O–H groups in total. The highest BCUT2D eigenvalue weighted by Gasteiger charge is 2.11. The number of aromatic amines is 1. The second kappa shape index (κ2) is 5.66. The average Bonchev–Trinajstić information content (AvgIpc) is 2.98. The van der Waals surface area contributed by atoms with Crippen molar-refractivity contribution in [2.45, 2.75) is 6.92 Å². The fourth-order valence-electron chi connectivity index (χ4n) is 2.73. The number of nitrogen functional groups attached to an aromatic ring is 1. The van der Waals surface area contributed by atoms with E-state index >= 15 is 0 Å². The highest BCUT2D eigenvalue weighted by atomic mass is 15.1. The molecule has 2 aromatic heterocycles. The van der Waals surface area contributed by atoms with Crippen molar-refractivity contribution in [1.82, 2.24) is 20.2 Å². The number of benzene rings is 2. The zero-order valence-corrected chi connectivity index (χ0v) is 13.1. The zero-order valence-electron chi connectivity index (χ0n) is 13.1. The van der Waals surface area contributed by atoms with Gasteiger partial charge in [0.2, 0.25) is 5.95 Å². The van der Waals surface area contributed by atoms with Crippen molar-refractivity contribution in [3.63, 3.8) is 0 Å². The van der Waals surface area contributed by atoms with Crippen LogP contribution in [-0.2, 0) is 0 Å². The summed E-state index contributed by atoms with van der Waals surface area (Å²) >= 11 is 0.